The zero-order valence-corrected chi connectivity index (χ0v) is 14.8. The molecule has 3 aromatic rings. The summed E-state index contributed by atoms with van der Waals surface area (Å²) >= 11 is 5.85. The average molecular weight is 370 g/mol. The number of nitrogens with zero attached hydrogens (tertiary/aromatic N) is 2. The van der Waals surface area contributed by atoms with Crippen molar-refractivity contribution in [2.75, 3.05) is 0 Å². The van der Waals surface area contributed by atoms with Crippen molar-refractivity contribution in [2.24, 2.45) is 7.05 Å². The number of carbonyl (C=O) groups is 1. The van der Waals surface area contributed by atoms with Crippen molar-refractivity contribution in [1.82, 2.24) is 14.9 Å². The van der Waals surface area contributed by atoms with Crippen LogP contribution in [0.4, 0.5) is 4.39 Å². The maximum atomic E-state index is 13.2. The fraction of sp³-hybridized carbons (Fsp3) is 0.100. The highest BCUT2D eigenvalue weighted by Gasteiger charge is 2.19. The molecule has 26 heavy (non-hydrogen) atoms. The Labute approximate surface area is 155 Å². The molecule has 0 saturated carbocycles. The quantitative estimate of drug-likeness (QED) is 0.687. The van der Waals surface area contributed by atoms with Crippen molar-refractivity contribution in [2.45, 2.75) is 6.04 Å². The van der Waals surface area contributed by atoms with Crippen molar-refractivity contribution in [1.29, 1.82) is 0 Å². The lowest BCUT2D eigenvalue weighted by Gasteiger charge is -2.18. The van der Waals surface area contributed by atoms with Gasteiger partial charge in [0.2, 0.25) is 5.91 Å². The number of nitrogens with one attached hydrogen (secondary N) is 1. The minimum absolute atomic E-state index is 0.280. The summed E-state index contributed by atoms with van der Waals surface area (Å²) in [6.07, 6.45) is 6.59. The summed E-state index contributed by atoms with van der Waals surface area (Å²) < 4.78 is 15.1. The molecule has 0 radical (unpaired) electrons. The predicted octanol–water partition coefficient (Wildman–Crippen LogP) is 4.13. The van der Waals surface area contributed by atoms with E-state index >= 15 is 0 Å². The first kappa shape index (κ1) is 17.9. The third-order valence-electron chi connectivity index (χ3n) is 3.90. The maximum absolute atomic E-state index is 13.2. The van der Waals surface area contributed by atoms with Gasteiger partial charge in [-0.15, -0.1) is 0 Å². The van der Waals surface area contributed by atoms with E-state index in [0.717, 1.165) is 11.1 Å². The van der Waals surface area contributed by atoms with Gasteiger partial charge < -0.3 is 9.88 Å². The van der Waals surface area contributed by atoms with Crippen LogP contribution in [0.15, 0.2) is 67.0 Å². The number of aryl methyl sites for hydroxylation is 1. The highest BCUT2D eigenvalue weighted by atomic mass is 35.5. The third kappa shape index (κ3) is 4.37. The Morgan fingerprint density at radius 2 is 1.88 bits per heavy atom. The zero-order valence-electron chi connectivity index (χ0n) is 14.1. The Balaban J connectivity index is 1.81. The van der Waals surface area contributed by atoms with E-state index in [-0.39, 0.29) is 11.7 Å². The van der Waals surface area contributed by atoms with Crippen LogP contribution in [-0.4, -0.2) is 15.5 Å². The molecule has 1 aromatic heterocycles. The Morgan fingerprint density at radius 3 is 2.50 bits per heavy atom. The van der Waals surface area contributed by atoms with Gasteiger partial charge in [0.25, 0.3) is 0 Å². The molecule has 0 saturated heterocycles. The summed E-state index contributed by atoms with van der Waals surface area (Å²) in [7, 11) is 1.84. The number of imidazole rings is 1. The number of benzene rings is 2. The Morgan fingerprint density at radius 1 is 1.19 bits per heavy atom. The lowest BCUT2D eigenvalue weighted by atomic mass is 10.1. The Kier molecular flexibility index (Phi) is 5.49. The highest BCUT2D eigenvalue weighted by Crippen LogP contribution is 2.21. The van der Waals surface area contributed by atoms with E-state index in [1.807, 2.05) is 23.7 Å². The third-order valence-corrected chi connectivity index (χ3v) is 4.16. The van der Waals surface area contributed by atoms with Gasteiger partial charge in [0, 0.05) is 30.5 Å². The van der Waals surface area contributed by atoms with E-state index in [1.54, 1.807) is 42.7 Å². The number of rotatable bonds is 5. The van der Waals surface area contributed by atoms with E-state index in [2.05, 4.69) is 10.3 Å². The van der Waals surface area contributed by atoms with Crippen molar-refractivity contribution in [3.05, 3.63) is 94.8 Å². The molecule has 2 aromatic carbocycles. The smallest absolute Gasteiger partial charge is 0.244 e. The minimum Gasteiger partial charge on any atom is -0.339 e. The summed E-state index contributed by atoms with van der Waals surface area (Å²) in [5.74, 6) is 0.0448. The lowest BCUT2D eigenvalue weighted by molar-refractivity contribution is -0.117. The lowest BCUT2D eigenvalue weighted by Crippen LogP contribution is -2.29. The molecule has 0 spiro atoms. The van der Waals surface area contributed by atoms with Gasteiger partial charge in [-0.2, -0.15) is 0 Å². The molecule has 4 nitrogen and oxygen atoms in total. The second kappa shape index (κ2) is 7.97. The summed E-state index contributed by atoms with van der Waals surface area (Å²) in [6.45, 7) is 0. The van der Waals surface area contributed by atoms with E-state index in [4.69, 9.17) is 11.6 Å². The first-order valence-corrected chi connectivity index (χ1v) is 8.37. The fourth-order valence-corrected chi connectivity index (χ4v) is 2.67. The first-order chi connectivity index (χ1) is 12.5. The van der Waals surface area contributed by atoms with Gasteiger partial charge >= 0.3 is 0 Å². The number of aromatic nitrogens is 2. The van der Waals surface area contributed by atoms with Crippen molar-refractivity contribution < 1.29 is 9.18 Å². The monoisotopic (exact) mass is 369 g/mol. The Hall–Kier alpha value is -2.92. The topological polar surface area (TPSA) is 46.9 Å². The van der Waals surface area contributed by atoms with Crippen molar-refractivity contribution >= 4 is 23.6 Å². The van der Waals surface area contributed by atoms with E-state index < -0.39 is 6.04 Å². The second-order valence-electron chi connectivity index (χ2n) is 5.77. The maximum Gasteiger partial charge on any atom is 0.244 e. The molecule has 0 fully saturated rings. The molecule has 1 unspecified atom stereocenters. The molecular weight excluding hydrogens is 353 g/mol. The number of amides is 1. The van der Waals surface area contributed by atoms with Crippen LogP contribution in [0.3, 0.4) is 0 Å². The Bertz CT molecular complexity index is 917. The number of hydrogen-bond donors (Lipinski definition) is 1. The van der Waals surface area contributed by atoms with Crippen LogP contribution in [0.5, 0.6) is 0 Å². The van der Waals surface area contributed by atoms with Gasteiger partial charge in [-0.3, -0.25) is 4.79 Å². The summed E-state index contributed by atoms with van der Waals surface area (Å²) in [6, 6.07) is 12.7. The molecule has 0 aliphatic carbocycles. The molecule has 0 aliphatic heterocycles. The van der Waals surface area contributed by atoms with Gasteiger partial charge in [-0.25, -0.2) is 9.37 Å². The van der Waals surface area contributed by atoms with Gasteiger partial charge in [0.15, 0.2) is 0 Å². The summed E-state index contributed by atoms with van der Waals surface area (Å²) in [5.41, 5.74) is 1.61. The standard InChI is InChI=1S/C20H17ClFN3O/c1-25-13-12-23-20(25)19(15-5-9-17(22)10-6-15)24-18(26)11-4-14-2-7-16(21)8-3-14/h2-13,19H,1H3,(H,24,26)/b11-4+. The molecule has 1 heterocycles. The van der Waals surface area contributed by atoms with E-state index in [1.165, 1.54) is 18.2 Å². The second-order valence-corrected chi connectivity index (χ2v) is 6.21. The van der Waals surface area contributed by atoms with E-state index in [0.29, 0.717) is 10.8 Å². The SMILES string of the molecule is Cn1ccnc1C(NC(=O)/C=C/c1ccc(Cl)cc1)c1ccc(F)cc1. The van der Waals surface area contributed by atoms with Crippen LogP contribution in [0, 0.1) is 5.82 Å². The van der Waals surface area contributed by atoms with Gasteiger partial charge in [-0.1, -0.05) is 35.9 Å². The van der Waals surface area contributed by atoms with Crippen molar-refractivity contribution in [3.63, 3.8) is 0 Å². The number of carbonyl (C=O) groups excluding carboxylic acids is 1. The van der Waals surface area contributed by atoms with Crippen LogP contribution in [0.2, 0.25) is 5.02 Å². The fourth-order valence-electron chi connectivity index (χ4n) is 2.54. The zero-order chi connectivity index (χ0) is 18.5. The molecule has 1 N–H and O–H groups in total. The van der Waals surface area contributed by atoms with Gasteiger partial charge in [-0.05, 0) is 41.5 Å². The largest absolute Gasteiger partial charge is 0.339 e. The predicted molar refractivity (Wildman–Crippen MR) is 100 cm³/mol. The molecule has 1 atom stereocenters. The number of halogens is 2. The van der Waals surface area contributed by atoms with Crippen molar-refractivity contribution in [3.8, 4) is 0 Å². The molecule has 0 bridgehead atoms. The van der Waals surface area contributed by atoms with Gasteiger partial charge in [0.1, 0.15) is 17.7 Å². The normalized spacial score (nSPS) is 12.3. The van der Waals surface area contributed by atoms with Crippen LogP contribution in [0.1, 0.15) is 23.0 Å². The van der Waals surface area contributed by atoms with Crippen LogP contribution < -0.4 is 5.32 Å². The van der Waals surface area contributed by atoms with E-state index in [9.17, 15) is 9.18 Å². The van der Waals surface area contributed by atoms with Crippen LogP contribution >= 0.6 is 11.6 Å². The molecule has 0 aliphatic rings. The minimum atomic E-state index is -0.488. The average Bonchev–Trinajstić information content (AvgIpc) is 3.06. The molecule has 132 valence electrons. The van der Waals surface area contributed by atoms with Crippen LogP contribution in [-0.2, 0) is 11.8 Å². The molecule has 6 heteroatoms. The summed E-state index contributed by atoms with van der Waals surface area (Å²) in [4.78, 5) is 16.7. The molecule has 3 rings (SSSR count). The highest BCUT2D eigenvalue weighted by molar-refractivity contribution is 6.30. The summed E-state index contributed by atoms with van der Waals surface area (Å²) in [5, 5.41) is 3.56. The van der Waals surface area contributed by atoms with Gasteiger partial charge in [0.05, 0.1) is 0 Å². The molecule has 1 amide bonds. The van der Waals surface area contributed by atoms with Crippen LogP contribution in [0.25, 0.3) is 6.08 Å². The molecular formula is C20H17ClFN3O. The first-order valence-electron chi connectivity index (χ1n) is 8.00. The number of hydrogen-bond acceptors (Lipinski definition) is 2.